The van der Waals surface area contributed by atoms with Crippen molar-refractivity contribution in [2.45, 2.75) is 52.1 Å². The molecule has 2 aromatic carbocycles. The minimum absolute atomic E-state index is 0.346. The molecule has 3 nitrogen and oxygen atoms in total. The predicted octanol–water partition coefficient (Wildman–Crippen LogP) is 6.96. The zero-order chi connectivity index (χ0) is 17.9. The van der Waals surface area contributed by atoms with Crippen LogP contribution in [0, 0.1) is 0 Å². The molecular weight excluding hydrogens is 448 g/mol. The van der Waals surface area contributed by atoms with E-state index in [0.717, 1.165) is 42.7 Å². The van der Waals surface area contributed by atoms with Gasteiger partial charge in [0.05, 0.1) is 11.1 Å². The van der Waals surface area contributed by atoms with Gasteiger partial charge in [0.15, 0.2) is 0 Å². The summed E-state index contributed by atoms with van der Waals surface area (Å²) in [5, 5.41) is 0. The maximum atomic E-state index is 6.32. The molecule has 132 valence electrons. The summed E-state index contributed by atoms with van der Waals surface area (Å²) in [6, 6.07) is 8.29. The van der Waals surface area contributed by atoms with Gasteiger partial charge < -0.3 is 9.47 Å². The maximum absolute atomic E-state index is 6.32. The number of fused-ring (bicyclic) bond motifs is 6. The van der Waals surface area contributed by atoms with Crippen LogP contribution in [0.15, 0.2) is 33.2 Å². The van der Waals surface area contributed by atoms with Crippen LogP contribution in [0.1, 0.15) is 74.4 Å². The third-order valence-corrected chi connectivity index (χ3v) is 5.59. The standard InChI is InChI=1S/C20H20Br2O3/c1-9(2)13-5-11(21)7-15-17(13)23-20-16-8-12(22)6-14(10(3)4)18(16)24-19(15)25-20/h5-10,19-20H,1-4H3. The lowest BCUT2D eigenvalue weighted by Crippen LogP contribution is -2.31. The quantitative estimate of drug-likeness (QED) is 0.477. The summed E-state index contributed by atoms with van der Waals surface area (Å²) in [6.45, 7) is 8.66. The van der Waals surface area contributed by atoms with Crippen LogP contribution in [0.4, 0.5) is 0 Å². The van der Waals surface area contributed by atoms with E-state index in [1.54, 1.807) is 0 Å². The van der Waals surface area contributed by atoms with E-state index in [-0.39, 0.29) is 0 Å². The fourth-order valence-electron chi connectivity index (χ4n) is 3.41. The number of halogens is 2. The first kappa shape index (κ1) is 17.4. The first-order valence-corrected chi connectivity index (χ1v) is 10.1. The minimum Gasteiger partial charge on any atom is -0.459 e. The first-order chi connectivity index (χ1) is 11.8. The molecule has 0 fully saturated rings. The molecular formula is C20H20Br2O3. The molecule has 2 bridgehead atoms. The van der Waals surface area contributed by atoms with E-state index >= 15 is 0 Å². The molecule has 2 unspecified atom stereocenters. The Balaban J connectivity index is 1.88. The van der Waals surface area contributed by atoms with Gasteiger partial charge in [-0.05, 0) is 47.2 Å². The van der Waals surface area contributed by atoms with Crippen molar-refractivity contribution in [2.24, 2.45) is 0 Å². The van der Waals surface area contributed by atoms with E-state index in [1.807, 2.05) is 12.1 Å². The molecule has 0 spiro atoms. The van der Waals surface area contributed by atoms with Gasteiger partial charge >= 0.3 is 0 Å². The number of rotatable bonds is 2. The second kappa shape index (κ2) is 6.29. The van der Waals surface area contributed by atoms with Crippen molar-refractivity contribution in [1.82, 2.24) is 0 Å². The van der Waals surface area contributed by atoms with E-state index < -0.39 is 12.6 Å². The molecule has 25 heavy (non-hydrogen) atoms. The third kappa shape index (κ3) is 2.90. The molecule has 0 saturated heterocycles. The van der Waals surface area contributed by atoms with Crippen molar-refractivity contribution >= 4 is 31.9 Å². The lowest BCUT2D eigenvalue weighted by molar-refractivity contribution is -0.228. The molecule has 2 aromatic rings. The van der Waals surface area contributed by atoms with Gasteiger partial charge in [0.2, 0.25) is 12.6 Å². The zero-order valence-electron chi connectivity index (χ0n) is 14.6. The van der Waals surface area contributed by atoms with Crippen LogP contribution in [-0.4, -0.2) is 0 Å². The van der Waals surface area contributed by atoms with Crippen molar-refractivity contribution in [3.8, 4) is 11.5 Å². The van der Waals surface area contributed by atoms with E-state index in [1.165, 1.54) is 0 Å². The van der Waals surface area contributed by atoms with Gasteiger partial charge in [0.1, 0.15) is 11.5 Å². The van der Waals surface area contributed by atoms with Crippen LogP contribution in [0.2, 0.25) is 0 Å². The van der Waals surface area contributed by atoms with Crippen molar-refractivity contribution in [1.29, 1.82) is 0 Å². The van der Waals surface area contributed by atoms with Crippen LogP contribution in [-0.2, 0) is 4.74 Å². The number of hydrogen-bond acceptors (Lipinski definition) is 3. The summed E-state index contributed by atoms with van der Waals surface area (Å²) in [5.41, 5.74) is 4.21. The third-order valence-electron chi connectivity index (χ3n) is 4.67. The Morgan fingerprint density at radius 3 is 1.48 bits per heavy atom. The normalized spacial score (nSPS) is 20.8. The molecule has 5 heteroatoms. The fourth-order valence-corrected chi connectivity index (χ4v) is 4.40. The van der Waals surface area contributed by atoms with Gasteiger partial charge in [-0.15, -0.1) is 0 Å². The molecule has 2 aliphatic rings. The van der Waals surface area contributed by atoms with Crippen LogP contribution >= 0.6 is 31.9 Å². The second-order valence-corrected chi connectivity index (χ2v) is 9.00. The highest BCUT2D eigenvalue weighted by Crippen LogP contribution is 2.52. The van der Waals surface area contributed by atoms with E-state index in [0.29, 0.717) is 11.8 Å². The second-order valence-electron chi connectivity index (χ2n) is 7.17. The van der Waals surface area contributed by atoms with Crippen LogP contribution in [0.5, 0.6) is 11.5 Å². The van der Waals surface area contributed by atoms with Crippen molar-refractivity contribution < 1.29 is 14.2 Å². The fraction of sp³-hybridized carbons (Fsp3) is 0.400. The van der Waals surface area contributed by atoms with Gasteiger partial charge in [0, 0.05) is 8.95 Å². The van der Waals surface area contributed by atoms with E-state index in [9.17, 15) is 0 Å². The topological polar surface area (TPSA) is 27.7 Å². The number of ether oxygens (including phenoxy) is 3. The molecule has 0 N–H and O–H groups in total. The molecule has 2 heterocycles. The van der Waals surface area contributed by atoms with Crippen LogP contribution in [0.25, 0.3) is 0 Å². The predicted molar refractivity (Wildman–Crippen MR) is 104 cm³/mol. The Morgan fingerprint density at radius 1 is 0.720 bits per heavy atom. The average Bonchev–Trinajstić information content (AvgIpc) is 2.55. The van der Waals surface area contributed by atoms with Crippen molar-refractivity contribution in [2.75, 3.05) is 0 Å². The van der Waals surface area contributed by atoms with Gasteiger partial charge in [-0.25, -0.2) is 0 Å². The summed E-state index contributed by atoms with van der Waals surface area (Å²) in [5.74, 6) is 2.46. The average molecular weight is 468 g/mol. The number of hydrogen-bond donors (Lipinski definition) is 0. The van der Waals surface area contributed by atoms with Crippen LogP contribution in [0.3, 0.4) is 0 Å². The van der Waals surface area contributed by atoms with E-state index in [2.05, 4.69) is 71.7 Å². The Morgan fingerprint density at radius 2 is 1.12 bits per heavy atom. The Kier molecular flexibility index (Phi) is 4.37. The molecule has 2 atom stereocenters. The molecule has 0 aliphatic carbocycles. The van der Waals surface area contributed by atoms with Crippen molar-refractivity contribution in [3.05, 3.63) is 55.5 Å². The lowest BCUT2D eigenvalue weighted by Gasteiger charge is -2.40. The molecule has 2 aliphatic heterocycles. The summed E-state index contributed by atoms with van der Waals surface area (Å²) >= 11 is 7.21. The Bertz CT molecular complexity index is 776. The van der Waals surface area contributed by atoms with Crippen molar-refractivity contribution in [3.63, 3.8) is 0 Å². The van der Waals surface area contributed by atoms with Gasteiger partial charge in [-0.3, -0.25) is 4.74 Å². The van der Waals surface area contributed by atoms with E-state index in [4.69, 9.17) is 14.2 Å². The monoisotopic (exact) mass is 466 g/mol. The number of benzene rings is 2. The molecule has 0 saturated carbocycles. The van der Waals surface area contributed by atoms with Crippen LogP contribution < -0.4 is 9.47 Å². The van der Waals surface area contributed by atoms with Gasteiger partial charge in [0.25, 0.3) is 0 Å². The molecule has 0 radical (unpaired) electrons. The maximum Gasteiger partial charge on any atom is 0.233 e. The lowest BCUT2D eigenvalue weighted by atomic mass is 9.95. The molecule has 4 rings (SSSR count). The first-order valence-electron chi connectivity index (χ1n) is 8.50. The molecule has 0 aromatic heterocycles. The SMILES string of the molecule is CC(C)c1cc(Br)cc2c1OC1OC2Oc2c(C(C)C)cc(Br)cc21. The van der Waals surface area contributed by atoms with Gasteiger partial charge in [-0.2, -0.15) is 0 Å². The largest absolute Gasteiger partial charge is 0.459 e. The molecule has 0 amide bonds. The summed E-state index contributed by atoms with van der Waals surface area (Å²) < 4.78 is 20.7. The minimum atomic E-state index is -0.449. The highest BCUT2D eigenvalue weighted by molar-refractivity contribution is 9.10. The smallest absolute Gasteiger partial charge is 0.233 e. The summed E-state index contributed by atoms with van der Waals surface area (Å²) in [4.78, 5) is 0. The Labute approximate surface area is 164 Å². The highest BCUT2D eigenvalue weighted by atomic mass is 79.9. The Hall–Kier alpha value is -1.04. The zero-order valence-corrected chi connectivity index (χ0v) is 17.8. The van der Waals surface area contributed by atoms with Gasteiger partial charge in [-0.1, -0.05) is 59.6 Å². The highest BCUT2D eigenvalue weighted by Gasteiger charge is 2.40. The summed E-state index contributed by atoms with van der Waals surface area (Å²) in [7, 11) is 0. The summed E-state index contributed by atoms with van der Waals surface area (Å²) in [6.07, 6.45) is -0.898.